The van der Waals surface area contributed by atoms with Crippen LogP contribution in [-0.2, 0) is 9.84 Å². The Balaban J connectivity index is 1.79. The zero-order valence-corrected chi connectivity index (χ0v) is 18.4. The van der Waals surface area contributed by atoms with E-state index in [1.807, 2.05) is 26.2 Å². The number of hydrogen-bond donors (Lipinski definition) is 0. The fraction of sp³-hybridized carbons (Fsp3) is 0.474. The van der Waals surface area contributed by atoms with Crippen molar-refractivity contribution in [3.8, 4) is 10.6 Å². The minimum atomic E-state index is -3.07. The second kappa shape index (κ2) is 8.90. The van der Waals surface area contributed by atoms with Crippen molar-refractivity contribution in [2.75, 3.05) is 38.7 Å². The lowest BCUT2D eigenvalue weighted by atomic mass is 10.2. The average Bonchev–Trinajstić information content (AvgIpc) is 3.25. The van der Waals surface area contributed by atoms with Crippen molar-refractivity contribution in [3.63, 3.8) is 0 Å². The topological polar surface area (TPSA) is 70.6 Å². The van der Waals surface area contributed by atoms with Gasteiger partial charge < -0.3 is 9.80 Å². The summed E-state index contributed by atoms with van der Waals surface area (Å²) >= 11 is 7.33. The maximum atomic E-state index is 13.2. The molecule has 1 aliphatic heterocycles. The molecule has 0 spiro atoms. The van der Waals surface area contributed by atoms with Gasteiger partial charge in [-0.1, -0.05) is 23.7 Å². The summed E-state index contributed by atoms with van der Waals surface area (Å²) in [5.41, 5.74) is 1.26. The first-order chi connectivity index (χ1) is 13.2. The Morgan fingerprint density at radius 1 is 1.25 bits per heavy atom. The molecule has 28 heavy (non-hydrogen) atoms. The van der Waals surface area contributed by atoms with E-state index in [1.165, 1.54) is 11.3 Å². The fourth-order valence-electron chi connectivity index (χ4n) is 3.27. The summed E-state index contributed by atoms with van der Waals surface area (Å²) in [6, 6.07) is 7.04. The number of carbonyl (C=O) groups excluding carboxylic acids is 1. The molecular formula is C19H24ClN3O3S2. The predicted molar refractivity (Wildman–Crippen MR) is 114 cm³/mol. The molecule has 1 fully saturated rings. The summed E-state index contributed by atoms with van der Waals surface area (Å²) in [5, 5.41) is 3.13. The lowest BCUT2D eigenvalue weighted by Crippen LogP contribution is -2.42. The van der Waals surface area contributed by atoms with E-state index in [0.29, 0.717) is 23.7 Å². The van der Waals surface area contributed by atoms with Gasteiger partial charge in [0.15, 0.2) is 9.84 Å². The van der Waals surface area contributed by atoms with Crippen molar-refractivity contribution in [1.29, 1.82) is 0 Å². The van der Waals surface area contributed by atoms with Crippen LogP contribution in [0.15, 0.2) is 29.6 Å². The molecule has 1 amide bonds. The van der Waals surface area contributed by atoms with Gasteiger partial charge in [-0.15, -0.1) is 11.3 Å². The minimum Gasteiger partial charge on any atom is -0.333 e. The van der Waals surface area contributed by atoms with Gasteiger partial charge in [0.2, 0.25) is 0 Å². The Hall–Kier alpha value is -1.48. The summed E-state index contributed by atoms with van der Waals surface area (Å²) in [6.07, 6.45) is 1.27. The normalized spacial score (nSPS) is 18.5. The van der Waals surface area contributed by atoms with Crippen LogP contribution in [0.1, 0.15) is 23.3 Å². The Morgan fingerprint density at radius 2 is 1.96 bits per heavy atom. The van der Waals surface area contributed by atoms with E-state index in [1.54, 1.807) is 22.4 Å². The third-order valence-electron chi connectivity index (χ3n) is 4.73. The number of nitrogens with zero attached hydrogens (tertiary/aromatic N) is 3. The van der Waals surface area contributed by atoms with E-state index in [2.05, 4.69) is 9.88 Å². The zero-order chi connectivity index (χ0) is 20.3. The molecule has 0 saturated carbocycles. The highest BCUT2D eigenvalue weighted by Crippen LogP contribution is 2.27. The second-order valence-electron chi connectivity index (χ2n) is 7.26. The lowest BCUT2D eigenvalue weighted by molar-refractivity contribution is 0.0685. The molecule has 1 aromatic carbocycles. The molecule has 3 rings (SSSR count). The van der Waals surface area contributed by atoms with E-state index in [0.717, 1.165) is 23.5 Å². The van der Waals surface area contributed by atoms with Crippen LogP contribution < -0.4 is 0 Å². The summed E-state index contributed by atoms with van der Waals surface area (Å²) < 4.78 is 23.9. The van der Waals surface area contributed by atoms with Crippen molar-refractivity contribution in [2.45, 2.75) is 18.9 Å². The van der Waals surface area contributed by atoms with E-state index in [-0.39, 0.29) is 23.5 Å². The van der Waals surface area contributed by atoms with Crippen molar-refractivity contribution < 1.29 is 13.2 Å². The van der Waals surface area contributed by atoms with Crippen LogP contribution >= 0.6 is 22.9 Å². The van der Waals surface area contributed by atoms with Crippen molar-refractivity contribution in [1.82, 2.24) is 14.8 Å². The largest absolute Gasteiger partial charge is 0.333 e. The van der Waals surface area contributed by atoms with Crippen LogP contribution in [0.25, 0.3) is 10.6 Å². The molecule has 0 aliphatic carbocycles. The van der Waals surface area contributed by atoms with Crippen molar-refractivity contribution in [3.05, 3.63) is 40.4 Å². The van der Waals surface area contributed by atoms with Gasteiger partial charge in [-0.2, -0.15) is 0 Å². The summed E-state index contributed by atoms with van der Waals surface area (Å²) in [6.45, 7) is 1.35. The molecule has 1 atom stereocenters. The number of carbonyl (C=O) groups is 1. The monoisotopic (exact) mass is 441 g/mol. The van der Waals surface area contributed by atoms with Gasteiger partial charge in [0.05, 0.1) is 11.5 Å². The number of sulfone groups is 1. The van der Waals surface area contributed by atoms with Crippen LogP contribution in [0.5, 0.6) is 0 Å². The lowest BCUT2D eigenvalue weighted by Gasteiger charge is -2.28. The number of amides is 1. The predicted octanol–water partition coefficient (Wildman–Crippen LogP) is 3.04. The fourth-order valence-corrected chi connectivity index (χ4v) is 5.93. The highest BCUT2D eigenvalue weighted by Gasteiger charge is 2.35. The number of aromatic nitrogens is 1. The third kappa shape index (κ3) is 5.31. The molecule has 1 aliphatic rings. The average molecular weight is 442 g/mol. The van der Waals surface area contributed by atoms with Gasteiger partial charge >= 0.3 is 0 Å². The Kier molecular flexibility index (Phi) is 6.75. The third-order valence-corrected chi connectivity index (χ3v) is 7.62. The molecule has 1 unspecified atom stereocenters. The highest BCUT2D eigenvalue weighted by atomic mass is 35.5. The van der Waals surface area contributed by atoms with E-state index < -0.39 is 9.84 Å². The van der Waals surface area contributed by atoms with Crippen LogP contribution in [0.2, 0.25) is 5.02 Å². The number of benzene rings is 1. The van der Waals surface area contributed by atoms with Gasteiger partial charge in [-0.05, 0) is 45.6 Å². The van der Waals surface area contributed by atoms with E-state index in [4.69, 9.17) is 11.6 Å². The quantitative estimate of drug-likeness (QED) is 0.660. The first-order valence-corrected chi connectivity index (χ1v) is 12.2. The van der Waals surface area contributed by atoms with Crippen LogP contribution in [0, 0.1) is 0 Å². The summed E-state index contributed by atoms with van der Waals surface area (Å²) in [5.74, 6) is -0.0192. The van der Waals surface area contributed by atoms with Crippen LogP contribution in [0.3, 0.4) is 0 Å². The first-order valence-electron chi connectivity index (χ1n) is 9.13. The molecular weight excluding hydrogens is 418 g/mol. The Bertz CT molecular complexity index is 926. The second-order valence-corrected chi connectivity index (χ2v) is 10.8. The summed E-state index contributed by atoms with van der Waals surface area (Å²) in [7, 11) is 0.880. The molecule has 152 valence electrons. The van der Waals surface area contributed by atoms with Gasteiger partial charge in [-0.3, -0.25) is 4.79 Å². The molecule has 0 N–H and O–H groups in total. The van der Waals surface area contributed by atoms with Crippen LogP contribution in [0.4, 0.5) is 0 Å². The van der Waals surface area contributed by atoms with Crippen molar-refractivity contribution in [2.24, 2.45) is 0 Å². The van der Waals surface area contributed by atoms with E-state index >= 15 is 0 Å². The Labute approximate surface area is 175 Å². The van der Waals surface area contributed by atoms with Gasteiger partial charge in [0, 0.05) is 28.6 Å². The Morgan fingerprint density at radius 3 is 2.57 bits per heavy atom. The number of rotatable bonds is 7. The minimum absolute atomic E-state index is 0.0366. The van der Waals surface area contributed by atoms with Gasteiger partial charge in [0.25, 0.3) is 5.91 Å². The number of halogens is 1. The standard InChI is InChI=1S/C19H24ClN3O3S2/c1-22(2)9-3-10-23(16-8-11-28(25,26)13-16)19(24)17-12-27-18(21-17)14-4-6-15(20)7-5-14/h4-7,12,16H,3,8-11,13H2,1-2H3. The molecule has 2 heterocycles. The zero-order valence-electron chi connectivity index (χ0n) is 16.0. The SMILES string of the molecule is CN(C)CCCN(C(=O)c1csc(-c2ccc(Cl)cc2)n1)C1CCS(=O)(=O)C1. The van der Waals surface area contributed by atoms with Crippen LogP contribution in [-0.4, -0.2) is 73.8 Å². The molecule has 6 nitrogen and oxygen atoms in total. The number of thiazole rings is 1. The molecule has 0 radical (unpaired) electrons. The van der Waals surface area contributed by atoms with Gasteiger partial charge in [0.1, 0.15) is 10.7 Å². The molecule has 2 aromatic rings. The highest BCUT2D eigenvalue weighted by molar-refractivity contribution is 7.91. The maximum Gasteiger partial charge on any atom is 0.273 e. The first kappa shape index (κ1) is 21.2. The number of hydrogen-bond acceptors (Lipinski definition) is 6. The molecule has 1 saturated heterocycles. The molecule has 1 aromatic heterocycles. The van der Waals surface area contributed by atoms with Crippen molar-refractivity contribution >= 4 is 38.7 Å². The summed E-state index contributed by atoms with van der Waals surface area (Å²) in [4.78, 5) is 21.4. The maximum absolute atomic E-state index is 13.2. The molecule has 9 heteroatoms. The van der Waals surface area contributed by atoms with E-state index in [9.17, 15) is 13.2 Å². The molecule has 0 bridgehead atoms. The smallest absolute Gasteiger partial charge is 0.273 e. The van der Waals surface area contributed by atoms with Gasteiger partial charge in [-0.25, -0.2) is 13.4 Å².